The van der Waals surface area contributed by atoms with Crippen LogP contribution < -0.4 is 16.2 Å². The molecule has 0 aliphatic carbocycles. The molecule has 0 bridgehead atoms. The first-order chi connectivity index (χ1) is 12.8. The summed E-state index contributed by atoms with van der Waals surface area (Å²) in [6.45, 7) is 1.89. The highest BCUT2D eigenvalue weighted by Crippen LogP contribution is 2.21. The third-order valence-electron chi connectivity index (χ3n) is 4.51. The largest absolute Gasteiger partial charge is 0.324 e. The molecule has 9 heteroatoms. The smallest absolute Gasteiger partial charge is 0.275 e. The van der Waals surface area contributed by atoms with Gasteiger partial charge in [-0.3, -0.25) is 15.0 Å². The van der Waals surface area contributed by atoms with E-state index in [0.717, 1.165) is 25.2 Å². The van der Waals surface area contributed by atoms with Gasteiger partial charge in [0.15, 0.2) is 5.65 Å². The van der Waals surface area contributed by atoms with Crippen molar-refractivity contribution in [2.45, 2.75) is 13.0 Å². The maximum atomic E-state index is 12.1. The van der Waals surface area contributed by atoms with E-state index >= 15 is 0 Å². The number of hydrogen-bond donors (Lipinski definition) is 4. The molecule has 9 nitrogen and oxygen atoms in total. The first-order valence-electron chi connectivity index (χ1n) is 8.35. The lowest BCUT2D eigenvalue weighted by Crippen LogP contribution is -2.23. The van der Waals surface area contributed by atoms with Crippen LogP contribution in [-0.4, -0.2) is 36.5 Å². The summed E-state index contributed by atoms with van der Waals surface area (Å²) < 4.78 is 1.57. The van der Waals surface area contributed by atoms with Crippen molar-refractivity contribution in [1.82, 2.24) is 35.3 Å². The zero-order valence-electron chi connectivity index (χ0n) is 13.8. The van der Waals surface area contributed by atoms with Crippen molar-refractivity contribution in [3.05, 3.63) is 58.1 Å². The Labute approximate surface area is 147 Å². The second kappa shape index (κ2) is 5.81. The molecule has 3 aromatic heterocycles. The lowest BCUT2D eigenvalue weighted by molar-refractivity contribution is 0.644. The van der Waals surface area contributed by atoms with Gasteiger partial charge in [0.25, 0.3) is 5.56 Å². The predicted molar refractivity (Wildman–Crippen MR) is 96.8 cm³/mol. The molecular formula is C17H16N8O. The number of aromatic nitrogens is 6. The summed E-state index contributed by atoms with van der Waals surface area (Å²) in [7, 11) is 0. The van der Waals surface area contributed by atoms with E-state index in [1.165, 1.54) is 17.3 Å². The quantitative estimate of drug-likeness (QED) is 0.442. The van der Waals surface area contributed by atoms with Gasteiger partial charge in [-0.15, -0.1) is 0 Å². The highest BCUT2D eigenvalue weighted by molar-refractivity contribution is 5.76. The van der Waals surface area contributed by atoms with Crippen LogP contribution >= 0.6 is 0 Å². The minimum absolute atomic E-state index is 0.248. The second-order valence-electron chi connectivity index (χ2n) is 6.18. The van der Waals surface area contributed by atoms with Gasteiger partial charge in [-0.25, -0.2) is 9.67 Å². The highest BCUT2D eigenvalue weighted by Gasteiger charge is 2.13. The molecule has 5 rings (SSSR count). The average Bonchev–Trinajstić information content (AvgIpc) is 3.30. The molecule has 0 radical (unpaired) electrons. The van der Waals surface area contributed by atoms with Gasteiger partial charge in [0.1, 0.15) is 11.2 Å². The maximum Gasteiger partial charge on any atom is 0.275 e. The Balaban J connectivity index is 1.54. The fourth-order valence-corrected chi connectivity index (χ4v) is 3.21. The molecule has 4 N–H and O–H groups in total. The summed E-state index contributed by atoms with van der Waals surface area (Å²) in [6.07, 6.45) is 4.14. The van der Waals surface area contributed by atoms with Gasteiger partial charge in [-0.1, -0.05) is 6.07 Å². The molecule has 1 aromatic carbocycles. The van der Waals surface area contributed by atoms with Crippen LogP contribution in [0.3, 0.4) is 0 Å². The van der Waals surface area contributed by atoms with Gasteiger partial charge in [-0.2, -0.15) is 10.1 Å². The Morgan fingerprint density at radius 2 is 2.15 bits per heavy atom. The van der Waals surface area contributed by atoms with Gasteiger partial charge >= 0.3 is 0 Å². The molecule has 0 unspecified atom stereocenters. The number of nitrogens with zero attached hydrogens (tertiary/aromatic N) is 4. The van der Waals surface area contributed by atoms with E-state index in [1.54, 1.807) is 16.9 Å². The van der Waals surface area contributed by atoms with Crippen LogP contribution in [0.5, 0.6) is 0 Å². The van der Waals surface area contributed by atoms with Crippen LogP contribution in [0.4, 0.5) is 11.6 Å². The number of benzene rings is 1. The lowest BCUT2D eigenvalue weighted by atomic mass is 10.0. The molecule has 4 aromatic rings. The number of nitrogens with one attached hydrogen (secondary N) is 4. The lowest BCUT2D eigenvalue weighted by Gasteiger charge is -2.18. The molecule has 0 amide bonds. The fraction of sp³-hybridized carbons (Fsp3) is 0.176. The molecule has 0 saturated carbocycles. The normalized spacial score (nSPS) is 13.7. The highest BCUT2D eigenvalue weighted by atomic mass is 16.1. The Kier molecular flexibility index (Phi) is 3.32. The van der Waals surface area contributed by atoms with Crippen molar-refractivity contribution in [2.75, 3.05) is 11.9 Å². The summed E-state index contributed by atoms with van der Waals surface area (Å²) in [5, 5.41) is 16.5. The van der Waals surface area contributed by atoms with E-state index in [9.17, 15) is 4.79 Å². The first kappa shape index (κ1) is 14.8. The van der Waals surface area contributed by atoms with Crippen LogP contribution in [0.25, 0.3) is 16.9 Å². The van der Waals surface area contributed by atoms with E-state index in [2.05, 4.69) is 48.0 Å². The Hall–Kier alpha value is -3.46. The van der Waals surface area contributed by atoms with Gasteiger partial charge in [0.2, 0.25) is 5.95 Å². The standard InChI is InChI=1S/C17H16N8O/c26-16-13-9-19-17(22-15(13)25(24-16)14-4-6-20-23-14)21-12-2-1-11-8-18-5-3-10(11)7-12/h1-2,4,6-7,9,18H,3,5,8H2,(H,20,23)(H,24,26)(H,19,21,22). The first-order valence-corrected chi connectivity index (χ1v) is 8.35. The molecule has 26 heavy (non-hydrogen) atoms. The minimum Gasteiger partial charge on any atom is -0.324 e. The Morgan fingerprint density at radius 3 is 3.04 bits per heavy atom. The van der Waals surface area contributed by atoms with Gasteiger partial charge in [0, 0.05) is 24.5 Å². The number of fused-ring (bicyclic) bond motifs is 2. The van der Waals surface area contributed by atoms with Crippen molar-refractivity contribution in [3.8, 4) is 5.82 Å². The number of rotatable bonds is 3. The topological polar surface area (TPSA) is 116 Å². The van der Waals surface area contributed by atoms with E-state index in [0.29, 0.717) is 22.8 Å². The summed E-state index contributed by atoms with van der Waals surface area (Å²) in [6, 6.07) is 8.00. The van der Waals surface area contributed by atoms with Crippen molar-refractivity contribution < 1.29 is 0 Å². The van der Waals surface area contributed by atoms with Crippen molar-refractivity contribution in [1.29, 1.82) is 0 Å². The Morgan fingerprint density at radius 1 is 1.19 bits per heavy atom. The monoisotopic (exact) mass is 348 g/mol. The van der Waals surface area contributed by atoms with E-state index in [1.807, 2.05) is 6.07 Å². The summed E-state index contributed by atoms with van der Waals surface area (Å²) in [5.41, 5.74) is 3.81. The van der Waals surface area contributed by atoms with E-state index < -0.39 is 0 Å². The number of aromatic amines is 2. The number of hydrogen-bond acceptors (Lipinski definition) is 6. The van der Waals surface area contributed by atoms with Crippen LogP contribution in [0, 0.1) is 0 Å². The van der Waals surface area contributed by atoms with Crippen LogP contribution in [-0.2, 0) is 13.0 Å². The Bertz CT molecular complexity index is 1140. The minimum atomic E-state index is -0.248. The molecule has 4 heterocycles. The zero-order valence-corrected chi connectivity index (χ0v) is 13.8. The molecule has 1 aliphatic rings. The summed E-state index contributed by atoms with van der Waals surface area (Å²) in [4.78, 5) is 20.9. The van der Waals surface area contributed by atoms with Gasteiger partial charge in [0.05, 0.1) is 6.20 Å². The fourth-order valence-electron chi connectivity index (χ4n) is 3.21. The molecular weight excluding hydrogens is 332 g/mol. The third-order valence-corrected chi connectivity index (χ3v) is 4.51. The molecule has 0 saturated heterocycles. The van der Waals surface area contributed by atoms with Crippen LogP contribution in [0.1, 0.15) is 11.1 Å². The van der Waals surface area contributed by atoms with Gasteiger partial charge in [-0.05, 0) is 36.2 Å². The SMILES string of the molecule is O=c1[nH]n(-c2ccn[nH]2)c2nc(Nc3ccc4c(c3)CCNC4)ncc12. The average molecular weight is 348 g/mol. The van der Waals surface area contributed by atoms with Gasteiger partial charge < -0.3 is 10.6 Å². The third kappa shape index (κ3) is 2.45. The summed E-state index contributed by atoms with van der Waals surface area (Å²) in [5.74, 6) is 1.06. The molecule has 0 atom stereocenters. The number of anilines is 2. The molecule has 130 valence electrons. The summed E-state index contributed by atoms with van der Waals surface area (Å²) >= 11 is 0. The van der Waals surface area contributed by atoms with Crippen molar-refractivity contribution in [2.24, 2.45) is 0 Å². The number of H-pyrrole nitrogens is 2. The van der Waals surface area contributed by atoms with Crippen molar-refractivity contribution in [3.63, 3.8) is 0 Å². The van der Waals surface area contributed by atoms with E-state index in [4.69, 9.17) is 0 Å². The maximum absolute atomic E-state index is 12.1. The molecule has 1 aliphatic heterocycles. The second-order valence-corrected chi connectivity index (χ2v) is 6.18. The van der Waals surface area contributed by atoms with E-state index in [-0.39, 0.29) is 5.56 Å². The van der Waals surface area contributed by atoms with Crippen LogP contribution in [0.2, 0.25) is 0 Å². The zero-order chi connectivity index (χ0) is 17.5. The molecule has 0 fully saturated rings. The molecule has 0 spiro atoms. The van der Waals surface area contributed by atoms with Crippen LogP contribution in [0.15, 0.2) is 41.5 Å². The van der Waals surface area contributed by atoms with Crippen molar-refractivity contribution >= 4 is 22.7 Å². The predicted octanol–water partition coefficient (Wildman–Crippen LogP) is 1.22.